The van der Waals surface area contributed by atoms with Crippen LogP contribution >= 0.6 is 22.9 Å². The van der Waals surface area contributed by atoms with E-state index >= 15 is 4.39 Å². The topological polar surface area (TPSA) is 139 Å². The number of pyridine rings is 1. The van der Waals surface area contributed by atoms with Crippen LogP contribution in [0.4, 0.5) is 25.4 Å². The fraction of sp³-hybridized carbons (Fsp3) is 0.353. The van der Waals surface area contributed by atoms with Crippen LogP contribution in [0.15, 0.2) is 36.5 Å². The Labute approximate surface area is 284 Å². The van der Waals surface area contributed by atoms with E-state index in [2.05, 4.69) is 21.8 Å². The molecule has 0 unspecified atom stereocenters. The monoisotopic (exact) mass is 690 g/mol. The lowest BCUT2D eigenvalue weighted by molar-refractivity contribution is -0.0556. The second-order valence-electron chi connectivity index (χ2n) is 12.3. The zero-order chi connectivity index (χ0) is 33.9. The largest absolute Gasteiger partial charge is 0.462 e. The van der Waals surface area contributed by atoms with Crippen molar-refractivity contribution in [2.75, 3.05) is 43.2 Å². The third kappa shape index (κ3) is 5.42. The quantitative estimate of drug-likeness (QED) is 0.190. The Hall–Kier alpha value is -4.35. The van der Waals surface area contributed by atoms with E-state index in [-0.39, 0.29) is 66.5 Å². The van der Waals surface area contributed by atoms with Crippen molar-refractivity contribution >= 4 is 60.6 Å². The molecule has 7 rings (SSSR count). The molecular formula is C34H33ClF2N8O2S. The molecule has 5 aromatic rings. The molecule has 0 radical (unpaired) electrons. The predicted molar refractivity (Wildman–Crippen MR) is 184 cm³/mol. The third-order valence-corrected chi connectivity index (χ3v) is 10.8. The van der Waals surface area contributed by atoms with Gasteiger partial charge in [-0.1, -0.05) is 23.7 Å². The second kappa shape index (κ2) is 12.6. The number of hydrogen-bond acceptors (Lipinski definition) is 11. The highest BCUT2D eigenvalue weighted by Gasteiger charge is 2.38. The van der Waals surface area contributed by atoms with Crippen LogP contribution in [-0.2, 0) is 4.74 Å². The van der Waals surface area contributed by atoms with Crippen LogP contribution in [0.5, 0.6) is 6.01 Å². The number of rotatable bonds is 7. The Kier molecular flexibility index (Phi) is 8.45. The minimum atomic E-state index is -0.766. The van der Waals surface area contributed by atoms with Gasteiger partial charge >= 0.3 is 6.01 Å². The first-order valence-corrected chi connectivity index (χ1v) is 16.8. The Bertz CT molecular complexity index is 2110. The summed E-state index contributed by atoms with van der Waals surface area (Å²) in [5.41, 5.74) is 13.3. The van der Waals surface area contributed by atoms with E-state index < -0.39 is 11.6 Å². The summed E-state index contributed by atoms with van der Waals surface area (Å²) in [5, 5.41) is 10.6. The molecule has 0 spiro atoms. The lowest BCUT2D eigenvalue weighted by Crippen LogP contribution is -2.49. The number of benzene rings is 2. The van der Waals surface area contributed by atoms with Crippen molar-refractivity contribution in [3.63, 3.8) is 0 Å². The van der Waals surface area contributed by atoms with Gasteiger partial charge in [-0.15, -0.1) is 11.3 Å². The zero-order valence-electron chi connectivity index (χ0n) is 26.5. The first kappa shape index (κ1) is 32.2. The smallest absolute Gasteiger partial charge is 0.319 e. The highest BCUT2D eigenvalue weighted by Crippen LogP contribution is 2.46. The standard InChI is InChI=1S/C34H33ClF2N8O2S/c1-16-13-45-18(14-46-16)6-7-19(45)15-47-34-42-29-22(33(43-34)44(3)17(2)20-5-4-10-41-31(20)39)11-24(35)27(28(29)37)21-8-9-25(36)30-26(21)23(12-38)32(40)48-30/h4-5,8-11,16-19H,6-7,13-15,40H2,1-3H3,(H2,39,41)/t16-,17+,18-,19+/m0/s1. The van der Waals surface area contributed by atoms with Crippen molar-refractivity contribution in [1.82, 2.24) is 19.9 Å². The molecule has 2 aliphatic rings. The minimum Gasteiger partial charge on any atom is -0.462 e. The highest BCUT2D eigenvalue weighted by atomic mass is 35.5. The molecule has 0 saturated carbocycles. The van der Waals surface area contributed by atoms with Crippen molar-refractivity contribution < 1.29 is 18.3 Å². The van der Waals surface area contributed by atoms with Crippen LogP contribution in [0.1, 0.15) is 43.9 Å². The van der Waals surface area contributed by atoms with Crippen LogP contribution in [0.25, 0.3) is 32.1 Å². The van der Waals surface area contributed by atoms with Gasteiger partial charge in [-0.2, -0.15) is 15.2 Å². The molecule has 2 aromatic carbocycles. The van der Waals surface area contributed by atoms with E-state index in [1.165, 1.54) is 12.1 Å². The van der Waals surface area contributed by atoms with Crippen molar-refractivity contribution in [1.29, 1.82) is 5.26 Å². The number of halogens is 3. The summed E-state index contributed by atoms with van der Waals surface area (Å²) in [5.74, 6) is -0.613. The van der Waals surface area contributed by atoms with Gasteiger partial charge in [-0.3, -0.25) is 4.90 Å². The number of fused-ring (bicyclic) bond motifs is 3. The summed E-state index contributed by atoms with van der Waals surface area (Å²) < 4.78 is 44.2. The Balaban J connectivity index is 1.37. The number of nitriles is 1. The first-order chi connectivity index (χ1) is 23.1. The Morgan fingerprint density at radius 1 is 1.25 bits per heavy atom. The summed E-state index contributed by atoms with van der Waals surface area (Å²) >= 11 is 7.78. The molecule has 2 saturated heterocycles. The lowest BCUT2D eigenvalue weighted by atomic mass is 9.97. The molecule has 10 nitrogen and oxygen atoms in total. The second-order valence-corrected chi connectivity index (χ2v) is 13.8. The molecule has 0 bridgehead atoms. The fourth-order valence-corrected chi connectivity index (χ4v) is 8.13. The maximum absolute atomic E-state index is 17.0. The van der Waals surface area contributed by atoms with Crippen LogP contribution < -0.4 is 21.1 Å². The minimum absolute atomic E-state index is 0.00520. The molecule has 48 heavy (non-hydrogen) atoms. The van der Waals surface area contributed by atoms with E-state index in [0.29, 0.717) is 36.3 Å². The van der Waals surface area contributed by atoms with E-state index in [1.54, 1.807) is 18.3 Å². The van der Waals surface area contributed by atoms with Gasteiger partial charge in [-0.05, 0) is 50.5 Å². The number of hydrogen-bond donors (Lipinski definition) is 2. The molecule has 5 heterocycles. The van der Waals surface area contributed by atoms with Crippen molar-refractivity contribution in [2.24, 2.45) is 0 Å². The van der Waals surface area contributed by atoms with Gasteiger partial charge in [0.1, 0.15) is 40.6 Å². The molecule has 2 fully saturated rings. The van der Waals surface area contributed by atoms with Crippen molar-refractivity contribution in [3.05, 3.63) is 64.3 Å². The molecule has 14 heteroatoms. The molecule has 4 atom stereocenters. The number of morpholine rings is 1. The molecule has 3 aromatic heterocycles. The van der Waals surface area contributed by atoms with Gasteiger partial charge in [0.2, 0.25) is 0 Å². The summed E-state index contributed by atoms with van der Waals surface area (Å²) in [6.45, 7) is 5.79. The third-order valence-electron chi connectivity index (χ3n) is 9.49. The van der Waals surface area contributed by atoms with Crippen LogP contribution in [-0.4, -0.2) is 64.8 Å². The molecular weight excluding hydrogens is 658 g/mol. The van der Waals surface area contributed by atoms with Crippen LogP contribution in [0.2, 0.25) is 5.02 Å². The Morgan fingerprint density at radius 2 is 2.06 bits per heavy atom. The molecule has 0 aliphatic carbocycles. The van der Waals surface area contributed by atoms with Gasteiger partial charge in [0.15, 0.2) is 5.82 Å². The number of aromatic nitrogens is 3. The molecule has 2 aliphatic heterocycles. The molecule has 248 valence electrons. The number of anilines is 3. The van der Waals surface area contributed by atoms with Gasteiger partial charge in [0.05, 0.1) is 34.0 Å². The zero-order valence-corrected chi connectivity index (χ0v) is 28.1. The number of nitrogens with two attached hydrogens (primary N) is 2. The van der Waals surface area contributed by atoms with E-state index in [4.69, 9.17) is 37.5 Å². The SMILES string of the molecule is C[C@H](c1cccnc1N)N(C)c1nc(OC[C@H]2CC[C@H]3CO[C@@H](C)CN23)nc2c(F)c(-c3ccc(F)c4sc(N)c(C#N)c34)c(Cl)cc12. The summed E-state index contributed by atoms with van der Waals surface area (Å²) in [7, 11) is 1.82. The normalized spacial score (nSPS) is 20.1. The van der Waals surface area contributed by atoms with Gasteiger partial charge in [-0.25, -0.2) is 13.8 Å². The average molecular weight is 691 g/mol. The van der Waals surface area contributed by atoms with Crippen molar-refractivity contribution in [2.45, 2.75) is 50.9 Å². The van der Waals surface area contributed by atoms with E-state index in [0.717, 1.165) is 36.3 Å². The number of thiophene rings is 1. The predicted octanol–water partition coefficient (Wildman–Crippen LogP) is 6.70. The summed E-state index contributed by atoms with van der Waals surface area (Å²) in [6.07, 6.45) is 3.66. The highest BCUT2D eigenvalue weighted by molar-refractivity contribution is 7.23. The van der Waals surface area contributed by atoms with Crippen LogP contribution in [0, 0.1) is 23.0 Å². The lowest BCUT2D eigenvalue weighted by Gasteiger charge is -2.37. The maximum atomic E-state index is 17.0. The molecule has 0 amide bonds. The van der Waals surface area contributed by atoms with E-state index in [1.807, 2.05) is 31.0 Å². The van der Waals surface area contributed by atoms with Gasteiger partial charge in [0, 0.05) is 53.8 Å². The first-order valence-electron chi connectivity index (χ1n) is 15.6. The van der Waals surface area contributed by atoms with Crippen molar-refractivity contribution in [3.8, 4) is 23.2 Å². The molecule has 4 N–H and O–H groups in total. The van der Waals surface area contributed by atoms with Gasteiger partial charge < -0.3 is 25.8 Å². The van der Waals surface area contributed by atoms with Gasteiger partial charge in [0.25, 0.3) is 0 Å². The Morgan fingerprint density at radius 3 is 2.83 bits per heavy atom. The average Bonchev–Trinajstić information content (AvgIpc) is 3.64. The number of ether oxygens (including phenoxy) is 2. The summed E-state index contributed by atoms with van der Waals surface area (Å²) in [6, 6.07) is 10.0. The van der Waals surface area contributed by atoms with Crippen LogP contribution in [0.3, 0.4) is 0 Å². The number of nitrogen functional groups attached to an aromatic ring is 2. The summed E-state index contributed by atoms with van der Waals surface area (Å²) in [4.78, 5) is 17.9. The fourth-order valence-electron chi connectivity index (χ4n) is 6.89. The maximum Gasteiger partial charge on any atom is 0.319 e. The number of nitrogens with zero attached hydrogens (tertiary/aromatic N) is 6. The van der Waals surface area contributed by atoms with E-state index in [9.17, 15) is 9.65 Å².